The van der Waals surface area contributed by atoms with E-state index in [4.69, 9.17) is 10.5 Å². The molecule has 17 heavy (non-hydrogen) atoms. The number of nitrogens with two attached hydrogens (primary N) is 1. The monoisotopic (exact) mass is 235 g/mol. The zero-order valence-corrected chi connectivity index (χ0v) is 9.23. The quantitative estimate of drug-likeness (QED) is 0.690. The van der Waals surface area contributed by atoms with Crippen LogP contribution < -0.4 is 10.6 Å². The molecule has 0 amide bonds. The molecule has 0 saturated carbocycles. The molecule has 1 saturated heterocycles. The number of fused-ring (bicyclic) bond motifs is 1. The van der Waals surface area contributed by atoms with Gasteiger partial charge in [-0.3, -0.25) is 4.98 Å². The van der Waals surface area contributed by atoms with Crippen LogP contribution in [0.5, 0.6) is 0 Å². The van der Waals surface area contributed by atoms with Gasteiger partial charge in [0.15, 0.2) is 11.5 Å². The first kappa shape index (κ1) is 10.4. The van der Waals surface area contributed by atoms with Crippen LogP contribution in [0.15, 0.2) is 12.4 Å². The summed E-state index contributed by atoms with van der Waals surface area (Å²) in [6.07, 6.45) is 3.37. The van der Waals surface area contributed by atoms with Gasteiger partial charge in [0.25, 0.3) is 0 Å². The fourth-order valence-corrected chi connectivity index (χ4v) is 2.01. The number of morpholine rings is 1. The Labute approximate surface area is 97.4 Å². The fourth-order valence-electron chi connectivity index (χ4n) is 2.01. The molecule has 2 aromatic heterocycles. The Morgan fingerprint density at radius 2 is 2.41 bits per heavy atom. The third-order valence-corrected chi connectivity index (χ3v) is 2.88. The molecule has 8 heteroatoms. The van der Waals surface area contributed by atoms with Crippen LogP contribution in [0.3, 0.4) is 0 Å². The van der Waals surface area contributed by atoms with Gasteiger partial charge in [-0.05, 0) is 10.4 Å². The van der Waals surface area contributed by atoms with Crippen molar-refractivity contribution in [1.82, 2.24) is 25.0 Å². The number of anilines is 1. The molecule has 0 spiro atoms. The summed E-state index contributed by atoms with van der Waals surface area (Å²) in [5.41, 5.74) is 6.38. The lowest BCUT2D eigenvalue weighted by Gasteiger charge is -2.35. The molecule has 0 aromatic carbocycles. The number of hydrogen-bond donors (Lipinski definition) is 1. The summed E-state index contributed by atoms with van der Waals surface area (Å²) in [7, 11) is 0. The van der Waals surface area contributed by atoms with Gasteiger partial charge >= 0.3 is 0 Å². The first-order valence-corrected chi connectivity index (χ1v) is 5.46. The van der Waals surface area contributed by atoms with Crippen molar-refractivity contribution in [3.8, 4) is 0 Å². The molecule has 3 heterocycles. The maximum absolute atomic E-state index is 5.75. The van der Waals surface area contributed by atoms with E-state index in [0.29, 0.717) is 25.4 Å². The summed E-state index contributed by atoms with van der Waals surface area (Å²) in [5.74, 6) is 0.853. The van der Waals surface area contributed by atoms with E-state index in [1.165, 1.54) is 0 Å². The minimum atomic E-state index is 0.139. The van der Waals surface area contributed by atoms with E-state index in [0.717, 1.165) is 12.4 Å². The Hall–Kier alpha value is -1.80. The van der Waals surface area contributed by atoms with Crippen molar-refractivity contribution in [3.63, 3.8) is 0 Å². The molecular formula is C9H13N7O. The molecule has 1 aliphatic heterocycles. The number of nitrogens with zero attached hydrogens (tertiary/aromatic N) is 6. The van der Waals surface area contributed by atoms with Crippen LogP contribution in [0, 0.1) is 0 Å². The Morgan fingerprint density at radius 3 is 3.29 bits per heavy atom. The largest absolute Gasteiger partial charge is 0.377 e. The van der Waals surface area contributed by atoms with Crippen LogP contribution in [0.25, 0.3) is 5.65 Å². The molecule has 2 N–H and O–H groups in total. The van der Waals surface area contributed by atoms with Crippen molar-refractivity contribution < 1.29 is 4.74 Å². The lowest BCUT2D eigenvalue weighted by Crippen LogP contribution is -2.50. The SMILES string of the molecule is NCC1COCCN1c1cncc2nnnn12. The normalized spacial score (nSPS) is 21.0. The standard InChI is InChI=1S/C9H13N7O/c10-3-7-6-17-2-1-15(7)9-5-11-4-8-12-13-14-16(8)9/h4-5,7H,1-3,6,10H2. The summed E-state index contributed by atoms with van der Waals surface area (Å²) < 4.78 is 7.08. The molecule has 2 aromatic rings. The van der Waals surface area contributed by atoms with Gasteiger partial charge in [0.05, 0.1) is 31.6 Å². The smallest absolute Gasteiger partial charge is 0.199 e. The highest BCUT2D eigenvalue weighted by atomic mass is 16.5. The van der Waals surface area contributed by atoms with Gasteiger partial charge in [0.2, 0.25) is 0 Å². The second-order valence-electron chi connectivity index (χ2n) is 3.87. The van der Waals surface area contributed by atoms with Crippen LogP contribution in [-0.4, -0.2) is 57.4 Å². The van der Waals surface area contributed by atoms with E-state index in [1.54, 1.807) is 16.9 Å². The van der Waals surface area contributed by atoms with Crippen molar-refractivity contribution in [2.75, 3.05) is 31.2 Å². The van der Waals surface area contributed by atoms with Crippen LogP contribution in [-0.2, 0) is 4.74 Å². The zero-order valence-electron chi connectivity index (χ0n) is 9.23. The van der Waals surface area contributed by atoms with Crippen LogP contribution in [0.1, 0.15) is 0 Å². The first-order chi connectivity index (χ1) is 8.40. The highest BCUT2D eigenvalue weighted by molar-refractivity contribution is 5.47. The predicted molar refractivity (Wildman–Crippen MR) is 59.6 cm³/mol. The van der Waals surface area contributed by atoms with Gasteiger partial charge in [0, 0.05) is 13.1 Å². The van der Waals surface area contributed by atoms with E-state index >= 15 is 0 Å². The molecule has 0 aliphatic carbocycles. The number of ether oxygens (including phenoxy) is 1. The first-order valence-electron chi connectivity index (χ1n) is 5.46. The van der Waals surface area contributed by atoms with Gasteiger partial charge in [-0.15, -0.1) is 5.10 Å². The number of aromatic nitrogens is 5. The van der Waals surface area contributed by atoms with E-state index in [9.17, 15) is 0 Å². The highest BCUT2D eigenvalue weighted by Gasteiger charge is 2.24. The Balaban J connectivity index is 2.04. The molecule has 1 fully saturated rings. The zero-order chi connectivity index (χ0) is 11.7. The van der Waals surface area contributed by atoms with Crippen molar-refractivity contribution in [3.05, 3.63) is 12.4 Å². The van der Waals surface area contributed by atoms with E-state index in [1.807, 2.05) is 0 Å². The molecule has 1 atom stereocenters. The van der Waals surface area contributed by atoms with Crippen molar-refractivity contribution in [1.29, 1.82) is 0 Å². The fraction of sp³-hybridized carbons (Fsp3) is 0.556. The predicted octanol–water partition coefficient (Wildman–Crippen LogP) is -1.32. The average molecular weight is 235 g/mol. The van der Waals surface area contributed by atoms with Gasteiger partial charge < -0.3 is 15.4 Å². The third kappa shape index (κ3) is 1.71. The third-order valence-electron chi connectivity index (χ3n) is 2.88. The maximum Gasteiger partial charge on any atom is 0.199 e. The Kier molecular flexibility index (Phi) is 2.57. The lowest BCUT2D eigenvalue weighted by atomic mass is 10.2. The maximum atomic E-state index is 5.75. The number of hydrogen-bond acceptors (Lipinski definition) is 7. The molecule has 1 unspecified atom stereocenters. The molecule has 1 aliphatic rings. The van der Waals surface area contributed by atoms with Gasteiger partial charge in [-0.25, -0.2) is 0 Å². The summed E-state index contributed by atoms with van der Waals surface area (Å²) >= 11 is 0. The number of rotatable bonds is 2. The highest BCUT2D eigenvalue weighted by Crippen LogP contribution is 2.18. The molecule has 3 rings (SSSR count). The van der Waals surface area contributed by atoms with Crippen molar-refractivity contribution >= 4 is 11.5 Å². The summed E-state index contributed by atoms with van der Waals surface area (Å²) in [5, 5.41) is 11.5. The second-order valence-corrected chi connectivity index (χ2v) is 3.87. The van der Waals surface area contributed by atoms with Crippen LogP contribution in [0.4, 0.5) is 5.82 Å². The van der Waals surface area contributed by atoms with Crippen LogP contribution in [0.2, 0.25) is 0 Å². The van der Waals surface area contributed by atoms with Gasteiger partial charge in [0.1, 0.15) is 0 Å². The molecule has 8 nitrogen and oxygen atoms in total. The minimum absolute atomic E-state index is 0.139. The lowest BCUT2D eigenvalue weighted by molar-refractivity contribution is 0.0956. The van der Waals surface area contributed by atoms with Crippen LogP contribution >= 0.6 is 0 Å². The van der Waals surface area contributed by atoms with E-state index in [2.05, 4.69) is 25.4 Å². The van der Waals surface area contributed by atoms with E-state index < -0.39 is 0 Å². The molecule has 0 radical (unpaired) electrons. The van der Waals surface area contributed by atoms with Gasteiger partial charge in [-0.1, -0.05) is 0 Å². The number of tetrazole rings is 1. The summed E-state index contributed by atoms with van der Waals surface area (Å²) in [6.45, 7) is 2.59. The summed E-state index contributed by atoms with van der Waals surface area (Å²) in [4.78, 5) is 6.28. The molecular weight excluding hydrogens is 222 g/mol. The topological polar surface area (TPSA) is 94.5 Å². The van der Waals surface area contributed by atoms with Gasteiger partial charge in [-0.2, -0.15) is 4.52 Å². The molecule has 90 valence electrons. The molecule has 0 bridgehead atoms. The second kappa shape index (κ2) is 4.22. The minimum Gasteiger partial charge on any atom is -0.377 e. The average Bonchev–Trinajstić information content (AvgIpc) is 2.86. The van der Waals surface area contributed by atoms with Crippen molar-refractivity contribution in [2.45, 2.75) is 6.04 Å². The Bertz CT molecular complexity index is 513. The summed E-state index contributed by atoms with van der Waals surface area (Å²) in [6, 6.07) is 0.139. The van der Waals surface area contributed by atoms with Crippen molar-refractivity contribution in [2.24, 2.45) is 5.73 Å². The van der Waals surface area contributed by atoms with E-state index in [-0.39, 0.29) is 6.04 Å². The Morgan fingerprint density at radius 1 is 1.47 bits per heavy atom.